The number of benzene rings is 1. The van der Waals surface area contributed by atoms with Crippen LogP contribution in [0.15, 0.2) is 24.3 Å². The number of nitrogens with zero attached hydrogens (tertiary/aromatic N) is 2. The number of carbonyl (C=O) groups excluding carboxylic acids is 1. The minimum absolute atomic E-state index is 0.269. The molecular weight excluding hydrogens is 259 g/mol. The zero-order valence-corrected chi connectivity index (χ0v) is 10.2. The molecule has 0 radical (unpaired) electrons. The van der Waals surface area contributed by atoms with Gasteiger partial charge in [0.25, 0.3) is 0 Å². The van der Waals surface area contributed by atoms with Crippen molar-refractivity contribution in [3.8, 4) is 0 Å². The van der Waals surface area contributed by atoms with E-state index in [2.05, 4.69) is 0 Å². The van der Waals surface area contributed by atoms with Crippen molar-refractivity contribution in [2.24, 2.45) is 5.84 Å². The van der Waals surface area contributed by atoms with Gasteiger partial charge in [-0.05, 0) is 24.1 Å². The lowest BCUT2D eigenvalue weighted by atomic mass is 10.1. The molecule has 7 heteroatoms. The van der Waals surface area contributed by atoms with E-state index in [1.54, 1.807) is 0 Å². The predicted molar refractivity (Wildman–Crippen MR) is 62.8 cm³/mol. The van der Waals surface area contributed by atoms with Crippen molar-refractivity contribution in [3.63, 3.8) is 0 Å². The van der Waals surface area contributed by atoms with Gasteiger partial charge in [-0.25, -0.2) is 10.6 Å². The molecule has 0 bridgehead atoms. The fraction of sp³-hybridized carbons (Fsp3) is 0.417. The number of rotatable bonds is 2. The normalized spacial score (nSPS) is 16.9. The number of nitrogens with two attached hydrogens (primary N) is 1. The third-order valence-electron chi connectivity index (χ3n) is 3.00. The minimum atomic E-state index is -4.34. The van der Waals surface area contributed by atoms with Crippen molar-refractivity contribution >= 4 is 6.03 Å². The predicted octanol–water partition coefficient (Wildman–Crippen LogP) is 2.21. The first kappa shape index (κ1) is 13.7. The van der Waals surface area contributed by atoms with Gasteiger partial charge in [-0.2, -0.15) is 13.2 Å². The summed E-state index contributed by atoms with van der Waals surface area (Å²) in [5, 5.41) is 1.12. The fourth-order valence-corrected chi connectivity index (χ4v) is 1.97. The quantitative estimate of drug-likeness (QED) is 0.663. The summed E-state index contributed by atoms with van der Waals surface area (Å²) in [6.07, 6.45) is -3.59. The van der Waals surface area contributed by atoms with Gasteiger partial charge in [0.2, 0.25) is 0 Å². The van der Waals surface area contributed by atoms with Crippen LogP contribution in [0.25, 0.3) is 0 Å². The summed E-state index contributed by atoms with van der Waals surface area (Å²) in [7, 11) is 0. The Hall–Kier alpha value is -1.76. The maximum Gasteiger partial charge on any atom is 0.416 e. The molecule has 0 unspecified atom stereocenters. The van der Waals surface area contributed by atoms with Crippen LogP contribution in [-0.2, 0) is 12.7 Å². The number of hydrazine groups is 1. The highest BCUT2D eigenvalue weighted by atomic mass is 19.4. The lowest BCUT2D eigenvalue weighted by molar-refractivity contribution is -0.137. The molecule has 0 atom stereocenters. The first-order valence-electron chi connectivity index (χ1n) is 5.85. The van der Waals surface area contributed by atoms with Crippen molar-refractivity contribution in [2.75, 3.05) is 13.1 Å². The molecule has 4 nitrogen and oxygen atoms in total. The number of hydrogen-bond acceptors (Lipinski definition) is 2. The van der Waals surface area contributed by atoms with Crippen LogP contribution in [0.5, 0.6) is 0 Å². The molecule has 0 aromatic heterocycles. The van der Waals surface area contributed by atoms with Gasteiger partial charge in [0.15, 0.2) is 0 Å². The van der Waals surface area contributed by atoms with E-state index in [0.29, 0.717) is 18.7 Å². The Morgan fingerprint density at radius 1 is 1.16 bits per heavy atom. The summed E-state index contributed by atoms with van der Waals surface area (Å²) >= 11 is 0. The third kappa shape index (κ3) is 3.17. The smallest absolute Gasteiger partial charge is 0.319 e. The van der Waals surface area contributed by atoms with Gasteiger partial charge >= 0.3 is 12.2 Å². The summed E-state index contributed by atoms with van der Waals surface area (Å²) in [4.78, 5) is 13.2. The van der Waals surface area contributed by atoms with Gasteiger partial charge < -0.3 is 4.90 Å². The second kappa shape index (κ2) is 5.08. The average molecular weight is 273 g/mol. The van der Waals surface area contributed by atoms with E-state index in [9.17, 15) is 18.0 Å². The molecule has 1 aliphatic heterocycles. The van der Waals surface area contributed by atoms with Crippen molar-refractivity contribution in [1.29, 1.82) is 0 Å². The number of amides is 2. The lowest BCUT2D eigenvalue weighted by Gasteiger charge is -2.32. The van der Waals surface area contributed by atoms with Crippen molar-refractivity contribution in [2.45, 2.75) is 19.1 Å². The van der Waals surface area contributed by atoms with E-state index in [1.807, 2.05) is 0 Å². The number of halogens is 3. The summed E-state index contributed by atoms with van der Waals surface area (Å²) in [6, 6.07) is 4.50. The van der Waals surface area contributed by atoms with E-state index in [0.717, 1.165) is 23.6 Å². The topological polar surface area (TPSA) is 49.6 Å². The van der Waals surface area contributed by atoms with Crippen molar-refractivity contribution in [1.82, 2.24) is 9.91 Å². The van der Waals surface area contributed by atoms with E-state index in [4.69, 9.17) is 5.84 Å². The zero-order valence-electron chi connectivity index (χ0n) is 10.2. The van der Waals surface area contributed by atoms with E-state index < -0.39 is 11.7 Å². The number of urea groups is 1. The molecule has 1 aliphatic rings. The summed E-state index contributed by atoms with van der Waals surface area (Å²) < 4.78 is 37.2. The largest absolute Gasteiger partial charge is 0.416 e. The molecule has 104 valence electrons. The monoisotopic (exact) mass is 273 g/mol. The Morgan fingerprint density at radius 3 is 2.37 bits per heavy atom. The maximum absolute atomic E-state index is 12.4. The third-order valence-corrected chi connectivity index (χ3v) is 3.00. The standard InChI is InChI=1S/C12H14F3N3O/c13-12(14,15)10-4-2-9(3-5-10)8-17-6-1-7-18(16)11(17)19/h2-5H,1,6-8,16H2. The Morgan fingerprint density at radius 2 is 1.79 bits per heavy atom. The molecule has 1 aromatic rings. The summed E-state index contributed by atoms with van der Waals surface area (Å²) in [6.45, 7) is 1.33. The Bertz CT molecular complexity index is 458. The van der Waals surface area contributed by atoms with Gasteiger partial charge in [0, 0.05) is 19.6 Å². The van der Waals surface area contributed by atoms with Crippen LogP contribution in [-0.4, -0.2) is 29.0 Å². The molecule has 0 spiro atoms. The van der Waals surface area contributed by atoms with Crippen LogP contribution in [0.3, 0.4) is 0 Å². The van der Waals surface area contributed by atoms with Gasteiger partial charge in [0.1, 0.15) is 0 Å². The van der Waals surface area contributed by atoms with E-state index in [-0.39, 0.29) is 12.6 Å². The van der Waals surface area contributed by atoms with Gasteiger partial charge in [0.05, 0.1) is 5.56 Å². The molecule has 2 amide bonds. The molecule has 1 aromatic carbocycles. The van der Waals surface area contributed by atoms with Crippen LogP contribution in [0.2, 0.25) is 0 Å². The van der Waals surface area contributed by atoms with Gasteiger partial charge in [-0.3, -0.25) is 5.01 Å². The highest BCUT2D eigenvalue weighted by molar-refractivity contribution is 5.74. The number of carbonyl (C=O) groups is 1. The molecule has 0 saturated carbocycles. The second-order valence-electron chi connectivity index (χ2n) is 4.45. The Labute approximate surface area is 108 Å². The summed E-state index contributed by atoms with van der Waals surface area (Å²) in [5.41, 5.74) is -0.0432. The van der Waals surface area contributed by atoms with Crippen molar-refractivity contribution in [3.05, 3.63) is 35.4 Å². The van der Waals surface area contributed by atoms with Crippen LogP contribution in [0.4, 0.5) is 18.0 Å². The van der Waals surface area contributed by atoms with Crippen molar-refractivity contribution < 1.29 is 18.0 Å². The molecule has 0 aliphatic carbocycles. The molecule has 1 heterocycles. The highest BCUT2D eigenvalue weighted by Gasteiger charge is 2.30. The SMILES string of the molecule is NN1CCCN(Cc2ccc(C(F)(F)F)cc2)C1=O. The van der Waals surface area contributed by atoms with Crippen LogP contribution < -0.4 is 5.84 Å². The molecule has 19 heavy (non-hydrogen) atoms. The molecular formula is C12H14F3N3O. The molecule has 1 fully saturated rings. The van der Waals surface area contributed by atoms with Crippen LogP contribution >= 0.6 is 0 Å². The van der Waals surface area contributed by atoms with Crippen LogP contribution in [0, 0.1) is 0 Å². The van der Waals surface area contributed by atoms with Gasteiger partial charge in [-0.15, -0.1) is 0 Å². The second-order valence-corrected chi connectivity index (χ2v) is 4.45. The Balaban J connectivity index is 2.05. The number of hydrogen-bond donors (Lipinski definition) is 1. The maximum atomic E-state index is 12.4. The lowest BCUT2D eigenvalue weighted by Crippen LogP contribution is -2.52. The summed E-state index contributed by atoms with van der Waals surface area (Å²) in [5.74, 6) is 5.50. The molecule has 2 N–H and O–H groups in total. The molecule has 1 saturated heterocycles. The van der Waals surface area contributed by atoms with E-state index in [1.165, 1.54) is 17.0 Å². The highest BCUT2D eigenvalue weighted by Crippen LogP contribution is 2.29. The van der Waals surface area contributed by atoms with Crippen LogP contribution in [0.1, 0.15) is 17.5 Å². The fourth-order valence-electron chi connectivity index (χ4n) is 1.97. The zero-order chi connectivity index (χ0) is 14.0. The first-order chi connectivity index (χ1) is 8.88. The van der Waals surface area contributed by atoms with E-state index >= 15 is 0 Å². The first-order valence-corrected chi connectivity index (χ1v) is 5.85. The average Bonchev–Trinajstić information content (AvgIpc) is 2.35. The van der Waals surface area contributed by atoms with Gasteiger partial charge in [-0.1, -0.05) is 12.1 Å². The Kier molecular flexibility index (Phi) is 3.66. The number of alkyl halides is 3. The minimum Gasteiger partial charge on any atom is -0.319 e. The molecule has 2 rings (SSSR count).